The Labute approximate surface area is 125 Å². The van der Waals surface area contributed by atoms with Crippen molar-refractivity contribution in [3.63, 3.8) is 0 Å². The van der Waals surface area contributed by atoms with Crippen molar-refractivity contribution in [3.05, 3.63) is 33.9 Å². The molecule has 1 heterocycles. The molecule has 114 valence electrons. The molecule has 1 unspecified atom stereocenters. The second-order valence-electron chi connectivity index (χ2n) is 6.23. The van der Waals surface area contributed by atoms with Gasteiger partial charge >= 0.3 is 0 Å². The van der Waals surface area contributed by atoms with Crippen LogP contribution in [0.5, 0.6) is 0 Å². The normalized spacial score (nSPS) is 22.0. The Balaban J connectivity index is 1.88. The van der Waals surface area contributed by atoms with Crippen molar-refractivity contribution >= 4 is 11.4 Å². The number of benzene rings is 1. The molecule has 1 aliphatic heterocycles. The number of hydrogen-bond acceptors (Lipinski definition) is 4. The fraction of sp³-hybridized carbons (Fsp3) is 0.625. The molecule has 0 amide bonds. The van der Waals surface area contributed by atoms with Gasteiger partial charge in [-0.1, -0.05) is 18.6 Å². The van der Waals surface area contributed by atoms with Gasteiger partial charge in [-0.25, -0.2) is 0 Å². The van der Waals surface area contributed by atoms with Crippen LogP contribution in [-0.2, 0) is 0 Å². The molecule has 1 N–H and O–H groups in total. The van der Waals surface area contributed by atoms with Crippen molar-refractivity contribution < 1.29 is 4.92 Å². The minimum atomic E-state index is -0.244. The van der Waals surface area contributed by atoms with Gasteiger partial charge in [0.2, 0.25) is 0 Å². The van der Waals surface area contributed by atoms with Crippen molar-refractivity contribution in [2.75, 3.05) is 18.0 Å². The molecule has 0 spiro atoms. The Hall–Kier alpha value is -1.62. The van der Waals surface area contributed by atoms with E-state index in [1.165, 1.54) is 19.3 Å². The number of hydrogen-bond donors (Lipinski definition) is 1. The minimum absolute atomic E-state index is 0.244. The van der Waals surface area contributed by atoms with Crippen LogP contribution in [-0.4, -0.2) is 30.1 Å². The molecule has 1 saturated heterocycles. The van der Waals surface area contributed by atoms with Gasteiger partial charge in [0.25, 0.3) is 5.69 Å². The number of rotatable bonds is 5. The van der Waals surface area contributed by atoms with E-state index in [9.17, 15) is 10.1 Å². The van der Waals surface area contributed by atoms with Gasteiger partial charge in [-0.15, -0.1) is 0 Å². The predicted molar refractivity (Wildman–Crippen MR) is 83.8 cm³/mol. The molecule has 3 rings (SSSR count). The standard InChI is InChI=1S/C16H23N3O2/c1-12-5-4-7-15(19(20)21)16(12)18(14-8-9-14)11-13-6-2-3-10-17-13/h4-5,7,13-14,17H,2-3,6,8-11H2,1H3. The van der Waals surface area contributed by atoms with E-state index >= 15 is 0 Å². The van der Waals surface area contributed by atoms with E-state index in [0.29, 0.717) is 12.1 Å². The van der Waals surface area contributed by atoms with Gasteiger partial charge in [0.05, 0.1) is 4.92 Å². The molecule has 1 atom stereocenters. The average molecular weight is 289 g/mol. The van der Waals surface area contributed by atoms with Gasteiger partial charge in [0, 0.05) is 24.7 Å². The highest BCUT2D eigenvalue weighted by Gasteiger charge is 2.35. The zero-order valence-electron chi connectivity index (χ0n) is 12.5. The molecule has 1 saturated carbocycles. The predicted octanol–water partition coefficient (Wildman–Crippen LogP) is 3.01. The summed E-state index contributed by atoms with van der Waals surface area (Å²) < 4.78 is 0. The van der Waals surface area contributed by atoms with Crippen LogP contribution in [0.25, 0.3) is 0 Å². The number of nitrogens with one attached hydrogen (secondary N) is 1. The van der Waals surface area contributed by atoms with E-state index in [2.05, 4.69) is 10.2 Å². The number of anilines is 1. The van der Waals surface area contributed by atoms with Crippen molar-refractivity contribution in [1.29, 1.82) is 0 Å². The first-order valence-electron chi connectivity index (χ1n) is 7.91. The SMILES string of the molecule is Cc1cccc([N+](=O)[O-])c1N(CC1CCCCN1)C1CC1. The fourth-order valence-corrected chi connectivity index (χ4v) is 3.29. The summed E-state index contributed by atoms with van der Waals surface area (Å²) in [7, 11) is 0. The Bertz CT molecular complexity index is 522. The first-order chi connectivity index (χ1) is 10.2. The summed E-state index contributed by atoms with van der Waals surface area (Å²) in [6.45, 7) is 3.93. The van der Waals surface area contributed by atoms with Crippen LogP contribution < -0.4 is 10.2 Å². The minimum Gasteiger partial charge on any atom is -0.361 e. The fourth-order valence-electron chi connectivity index (χ4n) is 3.29. The monoisotopic (exact) mass is 289 g/mol. The summed E-state index contributed by atoms with van der Waals surface area (Å²) in [5.41, 5.74) is 2.09. The van der Waals surface area contributed by atoms with Crippen LogP contribution in [0.3, 0.4) is 0 Å². The summed E-state index contributed by atoms with van der Waals surface area (Å²) in [4.78, 5) is 13.4. The molecular formula is C16H23N3O2. The van der Waals surface area contributed by atoms with E-state index in [1.807, 2.05) is 13.0 Å². The lowest BCUT2D eigenvalue weighted by atomic mass is 10.0. The van der Waals surface area contributed by atoms with Gasteiger partial charge in [0.1, 0.15) is 5.69 Å². The number of para-hydroxylation sites is 1. The number of piperidine rings is 1. The molecule has 1 aromatic carbocycles. The van der Waals surface area contributed by atoms with E-state index in [4.69, 9.17) is 0 Å². The van der Waals surface area contributed by atoms with Crippen molar-refractivity contribution in [2.24, 2.45) is 0 Å². The number of aryl methyl sites for hydroxylation is 1. The van der Waals surface area contributed by atoms with Crippen molar-refractivity contribution in [1.82, 2.24) is 5.32 Å². The molecule has 5 heteroatoms. The van der Waals surface area contributed by atoms with Crippen LogP contribution in [0, 0.1) is 17.0 Å². The smallest absolute Gasteiger partial charge is 0.292 e. The maximum absolute atomic E-state index is 11.4. The van der Waals surface area contributed by atoms with Crippen molar-refractivity contribution in [3.8, 4) is 0 Å². The third-order valence-electron chi connectivity index (χ3n) is 4.52. The zero-order chi connectivity index (χ0) is 14.8. The van der Waals surface area contributed by atoms with E-state index < -0.39 is 0 Å². The summed E-state index contributed by atoms with van der Waals surface area (Å²) in [5, 5.41) is 14.9. The summed E-state index contributed by atoms with van der Waals surface area (Å²) in [5.74, 6) is 0. The second-order valence-corrected chi connectivity index (χ2v) is 6.23. The maximum atomic E-state index is 11.4. The molecule has 1 aromatic rings. The lowest BCUT2D eigenvalue weighted by molar-refractivity contribution is -0.384. The maximum Gasteiger partial charge on any atom is 0.292 e. The van der Waals surface area contributed by atoms with Crippen LogP contribution in [0.2, 0.25) is 0 Å². The van der Waals surface area contributed by atoms with Gasteiger partial charge in [-0.2, -0.15) is 0 Å². The van der Waals surface area contributed by atoms with Gasteiger partial charge in [0.15, 0.2) is 0 Å². The van der Waals surface area contributed by atoms with Crippen LogP contribution in [0.4, 0.5) is 11.4 Å². The molecule has 0 radical (unpaired) electrons. The molecule has 2 fully saturated rings. The zero-order valence-corrected chi connectivity index (χ0v) is 12.5. The van der Waals surface area contributed by atoms with Crippen LogP contribution in [0.1, 0.15) is 37.7 Å². The highest BCUT2D eigenvalue weighted by molar-refractivity contribution is 5.68. The third-order valence-corrected chi connectivity index (χ3v) is 4.52. The Morgan fingerprint density at radius 3 is 2.76 bits per heavy atom. The second kappa shape index (κ2) is 6.02. The number of nitrogens with zero attached hydrogens (tertiary/aromatic N) is 2. The number of nitro benzene ring substituents is 1. The summed E-state index contributed by atoms with van der Waals surface area (Å²) in [6, 6.07) is 6.32. The molecule has 2 aliphatic rings. The van der Waals surface area contributed by atoms with E-state index in [-0.39, 0.29) is 10.6 Å². The Morgan fingerprint density at radius 1 is 1.33 bits per heavy atom. The van der Waals surface area contributed by atoms with E-state index in [0.717, 1.165) is 37.2 Å². The third kappa shape index (κ3) is 3.18. The van der Waals surface area contributed by atoms with Gasteiger partial charge in [-0.05, 0) is 44.7 Å². The van der Waals surface area contributed by atoms with E-state index in [1.54, 1.807) is 12.1 Å². The molecular weight excluding hydrogens is 266 g/mol. The highest BCUT2D eigenvalue weighted by atomic mass is 16.6. The number of nitro groups is 1. The molecule has 1 aliphatic carbocycles. The topological polar surface area (TPSA) is 58.4 Å². The first-order valence-corrected chi connectivity index (χ1v) is 7.91. The van der Waals surface area contributed by atoms with Crippen LogP contribution in [0.15, 0.2) is 18.2 Å². The van der Waals surface area contributed by atoms with Gasteiger partial charge in [-0.3, -0.25) is 10.1 Å². The lowest BCUT2D eigenvalue weighted by Crippen LogP contribution is -2.45. The first kappa shape index (κ1) is 14.3. The molecule has 0 aromatic heterocycles. The Morgan fingerprint density at radius 2 is 2.14 bits per heavy atom. The Kier molecular flexibility index (Phi) is 4.10. The lowest BCUT2D eigenvalue weighted by Gasteiger charge is -2.32. The van der Waals surface area contributed by atoms with Crippen molar-refractivity contribution in [2.45, 2.75) is 51.1 Å². The quantitative estimate of drug-likeness (QED) is 0.668. The largest absolute Gasteiger partial charge is 0.361 e. The van der Waals surface area contributed by atoms with Crippen LogP contribution >= 0.6 is 0 Å². The highest BCUT2D eigenvalue weighted by Crippen LogP contribution is 2.39. The molecule has 0 bridgehead atoms. The average Bonchev–Trinajstić information content (AvgIpc) is 3.30. The summed E-state index contributed by atoms with van der Waals surface area (Å²) in [6.07, 6.45) is 5.97. The summed E-state index contributed by atoms with van der Waals surface area (Å²) >= 11 is 0. The molecule has 5 nitrogen and oxygen atoms in total. The van der Waals surface area contributed by atoms with Gasteiger partial charge < -0.3 is 10.2 Å². The molecule has 21 heavy (non-hydrogen) atoms.